The Kier molecular flexibility index (Phi) is 7.83. The summed E-state index contributed by atoms with van der Waals surface area (Å²) in [6, 6.07) is 12.9. The molecular weight excluding hydrogens is 386 g/mol. The van der Waals surface area contributed by atoms with Gasteiger partial charge in [-0.15, -0.1) is 0 Å². The number of esters is 2. The summed E-state index contributed by atoms with van der Waals surface area (Å²) in [5.74, 6) is -1.41. The lowest BCUT2D eigenvalue weighted by molar-refractivity contribution is -0.153. The second kappa shape index (κ2) is 10.3. The zero-order valence-electron chi connectivity index (χ0n) is 15.4. The van der Waals surface area contributed by atoms with Crippen LogP contribution in [0.4, 0.5) is 5.69 Å². The molecule has 0 spiro atoms. The first-order valence-corrected chi connectivity index (χ1v) is 8.93. The summed E-state index contributed by atoms with van der Waals surface area (Å²) >= 11 is 5.79. The first-order chi connectivity index (χ1) is 13.4. The lowest BCUT2D eigenvalue weighted by Crippen LogP contribution is -2.30. The summed E-state index contributed by atoms with van der Waals surface area (Å²) in [5.41, 5.74) is 0.482. The quantitative estimate of drug-likeness (QED) is 0.676. The molecule has 1 atom stereocenters. The molecule has 0 unspecified atom stereocenters. The van der Waals surface area contributed by atoms with E-state index in [9.17, 15) is 14.4 Å². The lowest BCUT2D eigenvalue weighted by Gasteiger charge is -2.14. The molecule has 2 rings (SSSR count). The van der Waals surface area contributed by atoms with Gasteiger partial charge in [0.25, 0.3) is 5.91 Å². The summed E-state index contributed by atoms with van der Waals surface area (Å²) in [5, 5.41) is 3.07. The van der Waals surface area contributed by atoms with Crippen LogP contribution in [-0.2, 0) is 19.1 Å². The minimum absolute atomic E-state index is 0.212. The highest BCUT2D eigenvalue weighted by molar-refractivity contribution is 6.30. The van der Waals surface area contributed by atoms with Gasteiger partial charge in [0.1, 0.15) is 5.75 Å². The van der Waals surface area contributed by atoms with Crippen molar-refractivity contribution in [1.29, 1.82) is 0 Å². The molecule has 0 heterocycles. The molecule has 8 heteroatoms. The van der Waals surface area contributed by atoms with Gasteiger partial charge < -0.3 is 19.5 Å². The Morgan fingerprint density at radius 3 is 2.39 bits per heavy atom. The molecule has 7 nitrogen and oxygen atoms in total. The van der Waals surface area contributed by atoms with Crippen molar-refractivity contribution in [2.24, 2.45) is 0 Å². The van der Waals surface area contributed by atoms with Crippen LogP contribution in [0.5, 0.6) is 5.75 Å². The molecule has 1 N–H and O–H groups in total. The van der Waals surface area contributed by atoms with Gasteiger partial charge in [0.2, 0.25) is 0 Å². The Balaban J connectivity index is 1.87. The molecule has 0 aliphatic carbocycles. The second-order valence-corrected chi connectivity index (χ2v) is 6.07. The van der Waals surface area contributed by atoms with E-state index in [0.717, 1.165) is 0 Å². The fourth-order valence-electron chi connectivity index (χ4n) is 2.18. The monoisotopic (exact) mass is 405 g/mol. The second-order valence-electron chi connectivity index (χ2n) is 5.64. The van der Waals surface area contributed by atoms with Gasteiger partial charge in [0.15, 0.2) is 12.7 Å². The van der Waals surface area contributed by atoms with Crippen molar-refractivity contribution in [3.05, 3.63) is 59.1 Å². The Morgan fingerprint density at radius 2 is 1.71 bits per heavy atom. The van der Waals surface area contributed by atoms with Crippen molar-refractivity contribution >= 4 is 35.1 Å². The summed E-state index contributed by atoms with van der Waals surface area (Å²) in [6.07, 6.45) is -0.916. The molecule has 28 heavy (non-hydrogen) atoms. The molecule has 0 radical (unpaired) electrons. The first kappa shape index (κ1) is 21.2. The zero-order valence-corrected chi connectivity index (χ0v) is 16.2. The predicted octanol–water partition coefficient (Wildman–Crippen LogP) is 3.47. The van der Waals surface area contributed by atoms with Crippen LogP contribution in [-0.4, -0.2) is 37.2 Å². The van der Waals surface area contributed by atoms with Crippen LogP contribution in [0.3, 0.4) is 0 Å². The molecule has 0 fully saturated rings. The van der Waals surface area contributed by atoms with Crippen LogP contribution in [0.2, 0.25) is 5.02 Å². The number of nitrogens with one attached hydrogen (secondary N) is 1. The average Bonchev–Trinajstić information content (AvgIpc) is 2.68. The average molecular weight is 406 g/mol. The Morgan fingerprint density at radius 1 is 1.04 bits per heavy atom. The van der Waals surface area contributed by atoms with E-state index in [0.29, 0.717) is 10.8 Å². The van der Waals surface area contributed by atoms with E-state index < -0.39 is 30.6 Å². The van der Waals surface area contributed by atoms with E-state index in [2.05, 4.69) is 5.32 Å². The third kappa shape index (κ3) is 6.28. The van der Waals surface area contributed by atoms with Crippen LogP contribution in [0.25, 0.3) is 0 Å². The van der Waals surface area contributed by atoms with Gasteiger partial charge in [-0.3, -0.25) is 4.79 Å². The number of anilines is 1. The Bertz CT molecular complexity index is 837. The number of hydrogen-bond acceptors (Lipinski definition) is 6. The number of benzene rings is 2. The minimum Gasteiger partial charge on any atom is -0.479 e. The summed E-state index contributed by atoms with van der Waals surface area (Å²) in [6.45, 7) is 2.88. The van der Waals surface area contributed by atoms with E-state index in [4.69, 9.17) is 25.8 Å². The molecule has 148 valence electrons. The number of ether oxygens (including phenoxy) is 3. The van der Waals surface area contributed by atoms with Gasteiger partial charge in [0, 0.05) is 5.02 Å². The van der Waals surface area contributed by atoms with Crippen LogP contribution in [0.1, 0.15) is 24.2 Å². The molecule has 0 saturated heterocycles. The van der Waals surface area contributed by atoms with Crippen molar-refractivity contribution in [3.63, 3.8) is 0 Å². The number of para-hydroxylation sites is 1. The van der Waals surface area contributed by atoms with E-state index >= 15 is 0 Å². The molecule has 0 aromatic heterocycles. The fourth-order valence-corrected chi connectivity index (χ4v) is 2.31. The topological polar surface area (TPSA) is 90.9 Å². The van der Waals surface area contributed by atoms with Crippen LogP contribution in [0.15, 0.2) is 48.5 Å². The highest BCUT2D eigenvalue weighted by Gasteiger charge is 2.19. The van der Waals surface area contributed by atoms with Crippen molar-refractivity contribution in [3.8, 4) is 5.75 Å². The summed E-state index contributed by atoms with van der Waals surface area (Å²) in [7, 11) is 0. The van der Waals surface area contributed by atoms with Crippen molar-refractivity contribution in [2.75, 3.05) is 18.5 Å². The van der Waals surface area contributed by atoms with Gasteiger partial charge in [-0.05, 0) is 50.2 Å². The molecule has 2 aromatic rings. The third-order valence-corrected chi connectivity index (χ3v) is 3.75. The molecule has 0 aliphatic heterocycles. The molecular formula is C20H20ClNO6. The SMILES string of the molecule is CCOC(=O)c1ccccc1NC(=O)COC(=O)[C@@H](C)Oc1ccc(Cl)cc1. The van der Waals surface area contributed by atoms with E-state index in [1.165, 1.54) is 13.0 Å². The van der Waals surface area contributed by atoms with Gasteiger partial charge in [-0.25, -0.2) is 9.59 Å². The van der Waals surface area contributed by atoms with Gasteiger partial charge in [0.05, 0.1) is 17.9 Å². The third-order valence-electron chi connectivity index (χ3n) is 3.50. The van der Waals surface area contributed by atoms with E-state index in [1.807, 2.05) is 0 Å². The first-order valence-electron chi connectivity index (χ1n) is 8.55. The number of halogens is 1. The number of rotatable bonds is 8. The Labute approximate surface area is 167 Å². The number of carbonyl (C=O) groups excluding carboxylic acids is 3. The normalized spacial score (nSPS) is 11.2. The molecule has 0 aliphatic rings. The van der Waals surface area contributed by atoms with Crippen molar-refractivity contribution in [2.45, 2.75) is 20.0 Å². The van der Waals surface area contributed by atoms with E-state index in [-0.39, 0.29) is 17.9 Å². The number of hydrogen-bond donors (Lipinski definition) is 1. The zero-order chi connectivity index (χ0) is 20.5. The van der Waals surface area contributed by atoms with Crippen LogP contribution >= 0.6 is 11.6 Å². The maximum Gasteiger partial charge on any atom is 0.347 e. The largest absolute Gasteiger partial charge is 0.479 e. The fraction of sp³-hybridized carbons (Fsp3) is 0.250. The molecule has 0 saturated carbocycles. The summed E-state index contributed by atoms with van der Waals surface area (Å²) in [4.78, 5) is 36.0. The van der Waals surface area contributed by atoms with Crippen LogP contribution < -0.4 is 10.1 Å². The standard InChI is InChI=1S/C20H20ClNO6/c1-3-26-20(25)16-6-4-5-7-17(16)22-18(23)12-27-19(24)13(2)28-15-10-8-14(21)9-11-15/h4-11,13H,3,12H2,1-2H3,(H,22,23)/t13-/m1/s1. The van der Waals surface area contributed by atoms with Gasteiger partial charge in [-0.2, -0.15) is 0 Å². The maximum atomic E-state index is 12.1. The molecule has 1 amide bonds. The highest BCUT2D eigenvalue weighted by Crippen LogP contribution is 2.18. The summed E-state index contributed by atoms with van der Waals surface area (Å²) < 4.78 is 15.3. The Hall–Kier alpha value is -3.06. The van der Waals surface area contributed by atoms with Crippen LogP contribution in [0, 0.1) is 0 Å². The molecule has 2 aromatic carbocycles. The lowest BCUT2D eigenvalue weighted by atomic mass is 10.2. The van der Waals surface area contributed by atoms with Gasteiger partial charge >= 0.3 is 11.9 Å². The smallest absolute Gasteiger partial charge is 0.347 e. The van der Waals surface area contributed by atoms with Crippen molar-refractivity contribution < 1.29 is 28.6 Å². The van der Waals surface area contributed by atoms with Crippen molar-refractivity contribution in [1.82, 2.24) is 0 Å². The van der Waals surface area contributed by atoms with E-state index in [1.54, 1.807) is 49.4 Å². The highest BCUT2D eigenvalue weighted by atomic mass is 35.5. The maximum absolute atomic E-state index is 12.1. The van der Waals surface area contributed by atoms with Gasteiger partial charge in [-0.1, -0.05) is 23.7 Å². The number of amides is 1. The minimum atomic E-state index is -0.916. The predicted molar refractivity (Wildman–Crippen MR) is 104 cm³/mol. The molecule has 0 bridgehead atoms. The number of carbonyl (C=O) groups is 3.